The number of hydrogen-bond donors (Lipinski definition) is 1. The third kappa shape index (κ3) is 3.53. The average molecular weight is 299 g/mol. The standard InChI is InChI=1S/C12H12BrFN2O/c1-2-4-8(7-15)16-12(17)9-5-3-6-10(14)11(9)13/h3,5-6,8H,2,4H2,1H3,(H,16,17). The second-order valence-corrected chi connectivity index (χ2v) is 4.34. The Morgan fingerprint density at radius 3 is 2.94 bits per heavy atom. The molecule has 0 fully saturated rings. The average Bonchev–Trinajstić information content (AvgIpc) is 2.31. The number of halogens is 2. The highest BCUT2D eigenvalue weighted by molar-refractivity contribution is 9.10. The molecule has 0 heterocycles. The van der Waals surface area contributed by atoms with Crippen LogP contribution in [0.4, 0.5) is 4.39 Å². The van der Waals surface area contributed by atoms with E-state index >= 15 is 0 Å². The lowest BCUT2D eigenvalue weighted by Crippen LogP contribution is -2.33. The second-order valence-electron chi connectivity index (χ2n) is 3.55. The lowest BCUT2D eigenvalue weighted by molar-refractivity contribution is 0.0942. The molecule has 17 heavy (non-hydrogen) atoms. The number of benzene rings is 1. The first kappa shape index (κ1) is 13.7. The maximum Gasteiger partial charge on any atom is 0.253 e. The van der Waals surface area contributed by atoms with Crippen LogP contribution in [0.15, 0.2) is 22.7 Å². The largest absolute Gasteiger partial charge is 0.336 e. The molecule has 0 aliphatic rings. The smallest absolute Gasteiger partial charge is 0.253 e. The summed E-state index contributed by atoms with van der Waals surface area (Å²) in [6.45, 7) is 1.93. The Morgan fingerprint density at radius 1 is 1.65 bits per heavy atom. The summed E-state index contributed by atoms with van der Waals surface area (Å²) in [6.07, 6.45) is 1.37. The zero-order valence-electron chi connectivity index (χ0n) is 9.34. The van der Waals surface area contributed by atoms with Crippen LogP contribution in [-0.4, -0.2) is 11.9 Å². The van der Waals surface area contributed by atoms with Crippen molar-refractivity contribution in [3.05, 3.63) is 34.1 Å². The number of nitrogens with one attached hydrogen (secondary N) is 1. The molecule has 0 spiro atoms. The van der Waals surface area contributed by atoms with Crippen LogP contribution in [0.5, 0.6) is 0 Å². The SMILES string of the molecule is CCCC(C#N)NC(=O)c1cccc(F)c1Br. The molecular formula is C12H12BrFN2O. The molecule has 1 unspecified atom stereocenters. The Morgan fingerprint density at radius 2 is 2.35 bits per heavy atom. The summed E-state index contributed by atoms with van der Waals surface area (Å²) in [4.78, 5) is 11.8. The molecule has 0 aliphatic heterocycles. The van der Waals surface area contributed by atoms with Crippen molar-refractivity contribution in [1.29, 1.82) is 5.26 Å². The van der Waals surface area contributed by atoms with E-state index in [1.807, 2.05) is 13.0 Å². The van der Waals surface area contributed by atoms with Crippen LogP contribution in [-0.2, 0) is 0 Å². The first-order valence-electron chi connectivity index (χ1n) is 5.24. The minimum Gasteiger partial charge on any atom is -0.336 e. The molecule has 0 saturated carbocycles. The first-order valence-corrected chi connectivity index (χ1v) is 6.04. The van der Waals surface area contributed by atoms with E-state index in [9.17, 15) is 9.18 Å². The Bertz CT molecular complexity index is 456. The molecule has 0 bridgehead atoms. The number of hydrogen-bond acceptors (Lipinski definition) is 2. The molecule has 0 aliphatic carbocycles. The van der Waals surface area contributed by atoms with E-state index in [1.54, 1.807) is 0 Å². The number of carbonyl (C=O) groups is 1. The van der Waals surface area contributed by atoms with Crippen molar-refractivity contribution >= 4 is 21.8 Å². The van der Waals surface area contributed by atoms with Gasteiger partial charge in [0.2, 0.25) is 0 Å². The van der Waals surface area contributed by atoms with Gasteiger partial charge < -0.3 is 5.32 Å². The minimum atomic E-state index is -0.539. The Balaban J connectivity index is 2.83. The van der Waals surface area contributed by atoms with E-state index in [2.05, 4.69) is 21.2 Å². The molecule has 1 atom stereocenters. The summed E-state index contributed by atoms with van der Waals surface area (Å²) >= 11 is 3.01. The van der Waals surface area contributed by atoms with Gasteiger partial charge in [-0.25, -0.2) is 4.39 Å². The topological polar surface area (TPSA) is 52.9 Å². The van der Waals surface area contributed by atoms with E-state index in [0.717, 1.165) is 6.42 Å². The molecule has 5 heteroatoms. The summed E-state index contributed by atoms with van der Waals surface area (Å²) in [7, 11) is 0. The van der Waals surface area contributed by atoms with E-state index in [4.69, 9.17) is 5.26 Å². The quantitative estimate of drug-likeness (QED) is 0.929. The number of amides is 1. The number of nitrogens with zero attached hydrogens (tertiary/aromatic N) is 1. The normalized spacial score (nSPS) is 11.6. The van der Waals surface area contributed by atoms with Gasteiger partial charge in [-0.15, -0.1) is 0 Å². The van der Waals surface area contributed by atoms with Crippen LogP contribution in [0.1, 0.15) is 30.1 Å². The number of carbonyl (C=O) groups excluding carboxylic acids is 1. The number of rotatable bonds is 4. The monoisotopic (exact) mass is 298 g/mol. The van der Waals surface area contributed by atoms with Crippen molar-refractivity contribution in [2.45, 2.75) is 25.8 Å². The van der Waals surface area contributed by atoms with Gasteiger partial charge in [-0.2, -0.15) is 5.26 Å². The van der Waals surface area contributed by atoms with Crippen LogP contribution < -0.4 is 5.32 Å². The van der Waals surface area contributed by atoms with Crippen molar-refractivity contribution in [3.63, 3.8) is 0 Å². The van der Waals surface area contributed by atoms with Gasteiger partial charge >= 0.3 is 0 Å². The minimum absolute atomic E-state index is 0.116. The van der Waals surface area contributed by atoms with Crippen molar-refractivity contribution < 1.29 is 9.18 Å². The lowest BCUT2D eigenvalue weighted by atomic mass is 10.1. The molecular weight excluding hydrogens is 287 g/mol. The lowest BCUT2D eigenvalue weighted by Gasteiger charge is -2.11. The molecule has 1 amide bonds. The third-order valence-electron chi connectivity index (χ3n) is 2.23. The molecule has 1 aromatic rings. The van der Waals surface area contributed by atoms with Crippen molar-refractivity contribution in [2.24, 2.45) is 0 Å². The fourth-order valence-corrected chi connectivity index (χ4v) is 1.82. The fourth-order valence-electron chi connectivity index (χ4n) is 1.37. The van der Waals surface area contributed by atoms with E-state index in [0.29, 0.717) is 6.42 Å². The Labute approximate surface area is 108 Å². The van der Waals surface area contributed by atoms with Gasteiger partial charge in [0.25, 0.3) is 5.91 Å². The predicted octanol–water partition coefficient (Wildman–Crippen LogP) is 3.01. The van der Waals surface area contributed by atoms with Gasteiger partial charge in [-0.1, -0.05) is 19.4 Å². The summed E-state index contributed by atoms with van der Waals surface area (Å²) in [5.74, 6) is -0.946. The van der Waals surface area contributed by atoms with Crippen LogP contribution in [0.2, 0.25) is 0 Å². The summed E-state index contributed by atoms with van der Waals surface area (Å²) in [6, 6.07) is 5.67. The van der Waals surface area contributed by atoms with E-state index in [-0.39, 0.29) is 10.0 Å². The molecule has 0 saturated heterocycles. The molecule has 0 aromatic heterocycles. The van der Waals surface area contributed by atoms with Gasteiger partial charge in [-0.05, 0) is 34.5 Å². The van der Waals surface area contributed by atoms with Crippen LogP contribution in [0, 0.1) is 17.1 Å². The number of nitriles is 1. The van der Waals surface area contributed by atoms with Crippen molar-refractivity contribution in [2.75, 3.05) is 0 Å². The van der Waals surface area contributed by atoms with Crippen molar-refractivity contribution in [1.82, 2.24) is 5.32 Å². The van der Waals surface area contributed by atoms with Crippen molar-refractivity contribution in [3.8, 4) is 6.07 Å². The summed E-state index contributed by atoms with van der Waals surface area (Å²) in [5.41, 5.74) is 0.196. The predicted molar refractivity (Wildman–Crippen MR) is 65.9 cm³/mol. The molecule has 1 aromatic carbocycles. The zero-order valence-corrected chi connectivity index (χ0v) is 10.9. The van der Waals surface area contributed by atoms with Gasteiger partial charge in [-0.3, -0.25) is 4.79 Å². The molecule has 1 N–H and O–H groups in total. The summed E-state index contributed by atoms with van der Waals surface area (Å²) in [5, 5.41) is 11.4. The maximum absolute atomic E-state index is 13.2. The van der Waals surface area contributed by atoms with Crippen LogP contribution in [0.3, 0.4) is 0 Å². The van der Waals surface area contributed by atoms with E-state index in [1.165, 1.54) is 18.2 Å². The highest BCUT2D eigenvalue weighted by Gasteiger charge is 2.16. The molecule has 1 rings (SSSR count). The second kappa shape index (κ2) is 6.36. The molecule has 3 nitrogen and oxygen atoms in total. The molecule has 0 radical (unpaired) electrons. The van der Waals surface area contributed by atoms with Gasteiger partial charge in [0, 0.05) is 0 Å². The zero-order chi connectivity index (χ0) is 12.8. The van der Waals surface area contributed by atoms with Gasteiger partial charge in [0.05, 0.1) is 16.1 Å². The van der Waals surface area contributed by atoms with Crippen LogP contribution >= 0.6 is 15.9 Å². The highest BCUT2D eigenvalue weighted by atomic mass is 79.9. The van der Waals surface area contributed by atoms with Gasteiger partial charge in [0.1, 0.15) is 11.9 Å². The highest BCUT2D eigenvalue weighted by Crippen LogP contribution is 2.20. The van der Waals surface area contributed by atoms with Crippen LogP contribution in [0.25, 0.3) is 0 Å². The third-order valence-corrected chi connectivity index (χ3v) is 3.04. The summed E-state index contributed by atoms with van der Waals surface area (Å²) < 4.78 is 13.3. The Hall–Kier alpha value is -1.41. The maximum atomic E-state index is 13.2. The first-order chi connectivity index (χ1) is 8.10. The molecule has 90 valence electrons. The van der Waals surface area contributed by atoms with Gasteiger partial charge in [0.15, 0.2) is 0 Å². The fraction of sp³-hybridized carbons (Fsp3) is 0.333. The van der Waals surface area contributed by atoms with E-state index < -0.39 is 17.8 Å². The Kier molecular flexibility index (Phi) is 5.11.